The normalized spacial score (nSPS) is 10.3. The largest absolute Gasteiger partial charge is 0.489 e. The number of pyridine rings is 1. The molecule has 0 bridgehead atoms. The van der Waals surface area contributed by atoms with Crippen molar-refractivity contribution in [2.45, 2.75) is 6.61 Å². The van der Waals surface area contributed by atoms with Gasteiger partial charge < -0.3 is 15.9 Å². The Bertz CT molecular complexity index is 917. The summed E-state index contributed by atoms with van der Waals surface area (Å²) in [6, 6.07) is 18.1. The van der Waals surface area contributed by atoms with Crippen LogP contribution in [0.5, 0.6) is 5.75 Å². The molecule has 2 aromatic carbocycles. The minimum absolute atomic E-state index is 0.207. The van der Waals surface area contributed by atoms with E-state index < -0.39 is 0 Å². The molecular formula is C19H17N3O2. The van der Waals surface area contributed by atoms with E-state index in [4.69, 9.17) is 15.9 Å². The third-order valence-electron chi connectivity index (χ3n) is 3.64. The van der Waals surface area contributed by atoms with E-state index in [1.54, 1.807) is 30.5 Å². The number of benzene rings is 2. The Labute approximate surface area is 139 Å². The molecule has 0 amide bonds. The van der Waals surface area contributed by atoms with Gasteiger partial charge in [-0.1, -0.05) is 30.3 Å². The van der Waals surface area contributed by atoms with Gasteiger partial charge in [-0.05, 0) is 29.8 Å². The molecular weight excluding hydrogens is 302 g/mol. The van der Waals surface area contributed by atoms with E-state index in [1.165, 1.54) is 16.8 Å². The lowest BCUT2D eigenvalue weighted by molar-refractivity contribution is 0.305. The average Bonchev–Trinajstić information content (AvgIpc) is 2.62. The molecule has 0 radical (unpaired) electrons. The summed E-state index contributed by atoms with van der Waals surface area (Å²) in [6.07, 6.45) is 2.82. The third kappa shape index (κ3) is 3.35. The van der Waals surface area contributed by atoms with Gasteiger partial charge in [-0.2, -0.15) is 0 Å². The van der Waals surface area contributed by atoms with Gasteiger partial charge in [0.05, 0.1) is 0 Å². The molecule has 0 aliphatic rings. The highest BCUT2D eigenvalue weighted by molar-refractivity contribution is 5.85. The summed E-state index contributed by atoms with van der Waals surface area (Å²) in [6.45, 7) is 0.407. The number of nitrogens with two attached hydrogens (primary N) is 1. The summed E-state index contributed by atoms with van der Waals surface area (Å²) in [5, 5.41) is 7.36. The zero-order valence-electron chi connectivity index (χ0n) is 13.0. The molecule has 24 heavy (non-hydrogen) atoms. The molecule has 0 unspecified atom stereocenters. The van der Waals surface area contributed by atoms with Gasteiger partial charge in [-0.3, -0.25) is 9.36 Å². The molecule has 0 fully saturated rings. The van der Waals surface area contributed by atoms with Crippen molar-refractivity contribution >= 4 is 11.9 Å². The zero-order chi connectivity index (χ0) is 16.9. The Morgan fingerprint density at radius 2 is 1.88 bits per heavy atom. The molecule has 0 saturated carbocycles. The van der Waals surface area contributed by atoms with Crippen LogP contribution in [0.3, 0.4) is 0 Å². The van der Waals surface area contributed by atoms with Gasteiger partial charge in [0.1, 0.15) is 12.4 Å². The van der Waals surface area contributed by atoms with Crippen LogP contribution in [0.1, 0.15) is 11.1 Å². The summed E-state index contributed by atoms with van der Waals surface area (Å²) < 4.78 is 7.15. The molecule has 120 valence electrons. The van der Waals surface area contributed by atoms with Crippen LogP contribution >= 0.6 is 0 Å². The quantitative estimate of drug-likeness (QED) is 0.560. The van der Waals surface area contributed by atoms with Crippen molar-refractivity contribution in [3.8, 4) is 11.4 Å². The molecule has 3 rings (SSSR count). The van der Waals surface area contributed by atoms with Gasteiger partial charge in [0.15, 0.2) is 0 Å². The topological polar surface area (TPSA) is 81.1 Å². The monoisotopic (exact) mass is 319 g/mol. The van der Waals surface area contributed by atoms with Gasteiger partial charge in [0, 0.05) is 35.4 Å². The Kier molecular flexibility index (Phi) is 4.43. The minimum Gasteiger partial charge on any atom is -0.489 e. The number of anilines is 1. The Morgan fingerprint density at radius 1 is 1.08 bits per heavy atom. The Hall–Kier alpha value is -3.34. The van der Waals surface area contributed by atoms with Crippen LogP contribution in [-0.4, -0.2) is 10.8 Å². The predicted molar refractivity (Wildman–Crippen MR) is 95.1 cm³/mol. The summed E-state index contributed by atoms with van der Waals surface area (Å²) in [5.41, 5.74) is 8.34. The van der Waals surface area contributed by atoms with Gasteiger partial charge in [0.25, 0.3) is 5.56 Å². The fourth-order valence-electron chi connectivity index (χ4n) is 2.34. The van der Waals surface area contributed by atoms with Crippen LogP contribution in [-0.2, 0) is 6.61 Å². The Morgan fingerprint density at radius 3 is 2.58 bits per heavy atom. The maximum absolute atomic E-state index is 12.3. The van der Waals surface area contributed by atoms with Crippen molar-refractivity contribution in [1.82, 2.24) is 4.57 Å². The van der Waals surface area contributed by atoms with Crippen LogP contribution in [0.2, 0.25) is 0 Å². The summed E-state index contributed by atoms with van der Waals surface area (Å²) in [7, 11) is 0. The number of ether oxygens (including phenoxy) is 1. The van der Waals surface area contributed by atoms with Gasteiger partial charge >= 0.3 is 0 Å². The summed E-state index contributed by atoms with van der Waals surface area (Å²) in [5.74, 6) is 0.517. The maximum Gasteiger partial charge on any atom is 0.258 e. The molecule has 5 nitrogen and oxygen atoms in total. The van der Waals surface area contributed by atoms with E-state index in [-0.39, 0.29) is 5.56 Å². The van der Waals surface area contributed by atoms with E-state index in [1.807, 2.05) is 30.3 Å². The minimum atomic E-state index is -0.207. The first kappa shape index (κ1) is 15.6. The van der Waals surface area contributed by atoms with Crippen LogP contribution in [0.4, 0.5) is 5.69 Å². The first-order valence-electron chi connectivity index (χ1n) is 7.47. The fraction of sp³-hybridized carbons (Fsp3) is 0.0526. The number of nitrogens with zero attached hydrogens (tertiary/aromatic N) is 1. The molecule has 1 heterocycles. The Balaban J connectivity index is 1.82. The van der Waals surface area contributed by atoms with Crippen LogP contribution in [0.25, 0.3) is 5.69 Å². The molecule has 0 aliphatic heterocycles. The summed E-state index contributed by atoms with van der Waals surface area (Å²) >= 11 is 0. The van der Waals surface area contributed by atoms with Crippen molar-refractivity contribution in [1.29, 1.82) is 5.41 Å². The summed E-state index contributed by atoms with van der Waals surface area (Å²) in [4.78, 5) is 12.3. The lowest BCUT2D eigenvalue weighted by Gasteiger charge is -2.10. The third-order valence-corrected chi connectivity index (χ3v) is 3.64. The lowest BCUT2D eigenvalue weighted by Crippen LogP contribution is -2.17. The van der Waals surface area contributed by atoms with E-state index in [0.29, 0.717) is 29.3 Å². The molecule has 0 atom stereocenters. The highest BCUT2D eigenvalue weighted by atomic mass is 16.5. The SMILES string of the molecule is N=Cc1cc(-n2ccc(OCc3ccccc3)cc2=O)ccc1N. The number of aromatic nitrogens is 1. The van der Waals surface area contributed by atoms with Crippen molar-refractivity contribution in [3.63, 3.8) is 0 Å². The first-order chi connectivity index (χ1) is 11.7. The predicted octanol–water partition coefficient (Wildman–Crippen LogP) is 3.00. The second kappa shape index (κ2) is 6.83. The highest BCUT2D eigenvalue weighted by Crippen LogP contribution is 2.16. The molecule has 0 saturated heterocycles. The number of nitrogens with one attached hydrogen (secondary N) is 1. The number of nitrogen functional groups attached to an aromatic ring is 1. The number of rotatable bonds is 5. The second-order valence-corrected chi connectivity index (χ2v) is 5.30. The van der Waals surface area contributed by atoms with E-state index >= 15 is 0 Å². The van der Waals surface area contributed by atoms with Crippen molar-refractivity contribution in [2.24, 2.45) is 0 Å². The number of hydrogen-bond donors (Lipinski definition) is 2. The van der Waals surface area contributed by atoms with Gasteiger partial charge in [-0.25, -0.2) is 0 Å². The van der Waals surface area contributed by atoms with E-state index in [0.717, 1.165) is 5.56 Å². The number of hydrogen-bond acceptors (Lipinski definition) is 4. The fourth-order valence-corrected chi connectivity index (χ4v) is 2.34. The molecule has 0 spiro atoms. The van der Waals surface area contributed by atoms with E-state index in [2.05, 4.69) is 0 Å². The first-order valence-corrected chi connectivity index (χ1v) is 7.47. The molecule has 3 aromatic rings. The molecule has 0 aliphatic carbocycles. The van der Waals surface area contributed by atoms with E-state index in [9.17, 15) is 4.79 Å². The van der Waals surface area contributed by atoms with Gasteiger partial charge in [0.2, 0.25) is 0 Å². The second-order valence-electron chi connectivity index (χ2n) is 5.30. The van der Waals surface area contributed by atoms with Crippen LogP contribution < -0.4 is 16.0 Å². The molecule has 1 aromatic heterocycles. The standard InChI is InChI=1S/C19H17N3O2/c20-12-15-10-16(6-7-18(15)21)22-9-8-17(11-19(22)23)24-13-14-4-2-1-3-5-14/h1-12,20H,13,21H2. The van der Waals surface area contributed by atoms with Gasteiger partial charge in [-0.15, -0.1) is 0 Å². The maximum atomic E-state index is 12.3. The lowest BCUT2D eigenvalue weighted by atomic mass is 10.1. The molecule has 5 heteroatoms. The molecule has 3 N–H and O–H groups in total. The van der Waals surface area contributed by atoms with Crippen molar-refractivity contribution in [2.75, 3.05) is 5.73 Å². The smallest absolute Gasteiger partial charge is 0.258 e. The van der Waals surface area contributed by atoms with Crippen LogP contribution in [0, 0.1) is 5.41 Å². The van der Waals surface area contributed by atoms with Crippen molar-refractivity contribution in [3.05, 3.63) is 88.3 Å². The highest BCUT2D eigenvalue weighted by Gasteiger charge is 2.05. The van der Waals surface area contributed by atoms with Crippen molar-refractivity contribution < 1.29 is 4.74 Å². The zero-order valence-corrected chi connectivity index (χ0v) is 13.0. The average molecular weight is 319 g/mol. The van der Waals surface area contributed by atoms with Crippen LogP contribution in [0.15, 0.2) is 71.7 Å².